The second kappa shape index (κ2) is 5.75. The van der Waals surface area contributed by atoms with Crippen LogP contribution in [0.3, 0.4) is 0 Å². The first-order valence-electron chi connectivity index (χ1n) is 6.49. The van der Waals surface area contributed by atoms with Gasteiger partial charge in [-0.05, 0) is 36.7 Å². The first kappa shape index (κ1) is 13.4. The molecule has 2 rings (SSSR count). The van der Waals surface area contributed by atoms with Crippen LogP contribution in [0.1, 0.15) is 42.1 Å². The van der Waals surface area contributed by atoms with Crippen LogP contribution in [0.25, 0.3) is 0 Å². The molecule has 1 aliphatic rings. The Morgan fingerprint density at radius 1 is 1.61 bits per heavy atom. The highest BCUT2D eigenvalue weighted by Crippen LogP contribution is 2.25. The van der Waals surface area contributed by atoms with Crippen molar-refractivity contribution in [2.75, 3.05) is 13.1 Å². The normalized spacial score (nSPS) is 24.3. The van der Waals surface area contributed by atoms with Crippen LogP contribution in [0, 0.1) is 5.92 Å². The summed E-state index contributed by atoms with van der Waals surface area (Å²) in [6.45, 7) is 5.54. The van der Waals surface area contributed by atoms with E-state index in [1.165, 1.54) is 11.5 Å². The third-order valence-electron chi connectivity index (χ3n) is 3.60. The van der Waals surface area contributed by atoms with Crippen LogP contribution >= 0.6 is 11.5 Å². The maximum absolute atomic E-state index is 12.5. The summed E-state index contributed by atoms with van der Waals surface area (Å²) < 4.78 is 3.89. The zero-order valence-corrected chi connectivity index (χ0v) is 11.7. The summed E-state index contributed by atoms with van der Waals surface area (Å²) in [4.78, 5) is 15.1. The van der Waals surface area contributed by atoms with Gasteiger partial charge < -0.3 is 10.6 Å². The molecule has 2 N–H and O–H groups in total. The Morgan fingerprint density at radius 2 is 2.39 bits per heavy atom. The number of aromatic nitrogens is 2. The zero-order chi connectivity index (χ0) is 13.1. The van der Waals surface area contributed by atoms with E-state index in [1.54, 1.807) is 0 Å². The summed E-state index contributed by atoms with van der Waals surface area (Å²) in [5.41, 5.74) is 6.60. The number of hydrogen-bond donors (Lipinski definition) is 1. The SMILES string of the molecule is CCc1nnsc1C(=O)N1CCC(C)CC1CN. The number of likely N-dealkylation sites (tertiary alicyclic amines) is 1. The maximum Gasteiger partial charge on any atom is 0.267 e. The number of aryl methyl sites for hydroxylation is 1. The fourth-order valence-electron chi connectivity index (χ4n) is 2.48. The molecular formula is C12H20N4OS. The van der Waals surface area contributed by atoms with E-state index in [9.17, 15) is 4.79 Å². The lowest BCUT2D eigenvalue weighted by atomic mass is 9.92. The van der Waals surface area contributed by atoms with Gasteiger partial charge in [-0.15, -0.1) is 5.10 Å². The van der Waals surface area contributed by atoms with Crippen molar-refractivity contribution in [2.45, 2.75) is 39.2 Å². The lowest BCUT2D eigenvalue weighted by molar-refractivity contribution is 0.0577. The monoisotopic (exact) mass is 268 g/mol. The van der Waals surface area contributed by atoms with E-state index < -0.39 is 0 Å². The van der Waals surface area contributed by atoms with Gasteiger partial charge in [0.15, 0.2) is 0 Å². The maximum atomic E-state index is 12.5. The highest BCUT2D eigenvalue weighted by atomic mass is 32.1. The number of rotatable bonds is 3. The number of nitrogens with two attached hydrogens (primary N) is 1. The Balaban J connectivity index is 2.17. The Labute approximate surface area is 112 Å². The number of hydrogen-bond acceptors (Lipinski definition) is 5. The van der Waals surface area contributed by atoms with Crippen LogP contribution in [0.2, 0.25) is 0 Å². The van der Waals surface area contributed by atoms with Crippen LogP contribution in [-0.2, 0) is 6.42 Å². The van der Waals surface area contributed by atoms with Crippen molar-refractivity contribution in [1.29, 1.82) is 0 Å². The largest absolute Gasteiger partial charge is 0.334 e. The second-order valence-corrected chi connectivity index (χ2v) is 5.67. The van der Waals surface area contributed by atoms with Crippen LogP contribution in [0.5, 0.6) is 0 Å². The van der Waals surface area contributed by atoms with Gasteiger partial charge >= 0.3 is 0 Å². The Bertz CT molecular complexity index is 420. The zero-order valence-electron chi connectivity index (χ0n) is 10.9. The van der Waals surface area contributed by atoms with E-state index >= 15 is 0 Å². The number of nitrogens with zero attached hydrogens (tertiary/aromatic N) is 3. The van der Waals surface area contributed by atoms with Gasteiger partial charge in [-0.3, -0.25) is 4.79 Å². The topological polar surface area (TPSA) is 72.1 Å². The molecule has 18 heavy (non-hydrogen) atoms. The molecule has 0 bridgehead atoms. The molecule has 0 radical (unpaired) electrons. The standard InChI is InChI=1S/C12H20N4OS/c1-3-10-11(18-15-14-10)12(17)16-5-4-8(2)6-9(16)7-13/h8-9H,3-7,13H2,1-2H3. The average molecular weight is 268 g/mol. The molecule has 0 aliphatic carbocycles. The van der Waals surface area contributed by atoms with E-state index in [2.05, 4.69) is 16.5 Å². The van der Waals surface area contributed by atoms with Crippen molar-refractivity contribution >= 4 is 17.4 Å². The van der Waals surface area contributed by atoms with Gasteiger partial charge in [0.25, 0.3) is 5.91 Å². The van der Waals surface area contributed by atoms with Gasteiger partial charge in [-0.1, -0.05) is 18.3 Å². The summed E-state index contributed by atoms with van der Waals surface area (Å²) in [5, 5.41) is 4.01. The molecule has 2 unspecified atom stereocenters. The van der Waals surface area contributed by atoms with Crippen LogP contribution in [0.4, 0.5) is 0 Å². The number of carbonyl (C=O) groups is 1. The molecule has 1 aromatic rings. The summed E-state index contributed by atoms with van der Waals surface area (Å²) in [6.07, 6.45) is 2.79. The predicted octanol–water partition coefficient (Wildman–Crippen LogP) is 1.30. The van der Waals surface area contributed by atoms with Crippen molar-refractivity contribution in [1.82, 2.24) is 14.5 Å². The number of amides is 1. The van der Waals surface area contributed by atoms with Gasteiger partial charge in [-0.2, -0.15) is 0 Å². The smallest absolute Gasteiger partial charge is 0.267 e. The quantitative estimate of drug-likeness (QED) is 0.897. The molecule has 1 amide bonds. The van der Waals surface area contributed by atoms with Crippen LogP contribution in [0.15, 0.2) is 0 Å². The third kappa shape index (κ3) is 2.54. The predicted molar refractivity (Wildman–Crippen MR) is 71.6 cm³/mol. The summed E-state index contributed by atoms with van der Waals surface area (Å²) >= 11 is 1.20. The van der Waals surface area contributed by atoms with Gasteiger partial charge in [0.2, 0.25) is 0 Å². The first-order valence-corrected chi connectivity index (χ1v) is 7.27. The van der Waals surface area contributed by atoms with Crippen molar-refractivity contribution in [3.63, 3.8) is 0 Å². The molecular weight excluding hydrogens is 248 g/mol. The number of piperidine rings is 1. The van der Waals surface area contributed by atoms with Gasteiger partial charge in [0.05, 0.1) is 5.69 Å². The van der Waals surface area contributed by atoms with Gasteiger partial charge in [-0.25, -0.2) is 0 Å². The van der Waals surface area contributed by atoms with Crippen molar-refractivity contribution in [3.05, 3.63) is 10.6 Å². The molecule has 5 nitrogen and oxygen atoms in total. The summed E-state index contributed by atoms with van der Waals surface area (Å²) in [7, 11) is 0. The second-order valence-electron chi connectivity index (χ2n) is 4.92. The number of carbonyl (C=O) groups excluding carboxylic acids is 1. The Kier molecular flexibility index (Phi) is 4.29. The molecule has 6 heteroatoms. The Hall–Kier alpha value is -1.01. The highest BCUT2D eigenvalue weighted by molar-refractivity contribution is 7.08. The molecule has 1 aliphatic heterocycles. The van der Waals surface area contributed by atoms with Crippen LogP contribution < -0.4 is 5.73 Å². The van der Waals surface area contributed by atoms with Crippen molar-refractivity contribution in [2.24, 2.45) is 11.7 Å². The van der Waals surface area contributed by atoms with E-state index in [-0.39, 0.29) is 11.9 Å². The first-order chi connectivity index (χ1) is 8.67. The fourth-order valence-corrected chi connectivity index (χ4v) is 3.18. The van der Waals surface area contributed by atoms with Crippen molar-refractivity contribution < 1.29 is 4.79 Å². The molecule has 1 fully saturated rings. The van der Waals surface area contributed by atoms with Gasteiger partial charge in [0.1, 0.15) is 4.88 Å². The highest BCUT2D eigenvalue weighted by Gasteiger charge is 2.31. The molecule has 100 valence electrons. The summed E-state index contributed by atoms with van der Waals surface area (Å²) in [6, 6.07) is 0.160. The van der Waals surface area contributed by atoms with E-state index in [1.807, 2.05) is 11.8 Å². The van der Waals surface area contributed by atoms with E-state index in [0.29, 0.717) is 17.3 Å². The minimum absolute atomic E-state index is 0.0594. The molecule has 0 aromatic carbocycles. The lowest BCUT2D eigenvalue weighted by Gasteiger charge is -2.37. The molecule has 0 spiro atoms. The molecule has 1 aromatic heterocycles. The Morgan fingerprint density at radius 3 is 3.06 bits per heavy atom. The van der Waals surface area contributed by atoms with Crippen molar-refractivity contribution in [3.8, 4) is 0 Å². The average Bonchev–Trinajstić information content (AvgIpc) is 2.86. The third-order valence-corrected chi connectivity index (χ3v) is 4.35. The minimum Gasteiger partial charge on any atom is -0.334 e. The molecule has 2 atom stereocenters. The van der Waals surface area contributed by atoms with Gasteiger partial charge in [0, 0.05) is 19.1 Å². The summed E-state index contributed by atoms with van der Waals surface area (Å²) in [5.74, 6) is 0.706. The lowest BCUT2D eigenvalue weighted by Crippen LogP contribution is -2.49. The minimum atomic E-state index is 0.0594. The van der Waals surface area contributed by atoms with E-state index in [0.717, 1.165) is 31.5 Å². The molecule has 1 saturated heterocycles. The molecule has 2 heterocycles. The molecule has 0 saturated carbocycles. The van der Waals surface area contributed by atoms with Crippen LogP contribution in [-0.4, -0.2) is 39.5 Å². The van der Waals surface area contributed by atoms with E-state index in [4.69, 9.17) is 5.73 Å². The fraction of sp³-hybridized carbons (Fsp3) is 0.750.